The van der Waals surface area contributed by atoms with Crippen molar-refractivity contribution < 1.29 is 23.9 Å². The maximum atomic E-state index is 12.4. The van der Waals surface area contributed by atoms with Gasteiger partial charge in [0.1, 0.15) is 5.75 Å². The molecule has 1 atom stereocenters. The molecule has 0 bridgehead atoms. The summed E-state index contributed by atoms with van der Waals surface area (Å²) in [5.74, 6) is -1.14. The minimum atomic E-state index is -0.630. The second-order valence-electron chi connectivity index (χ2n) is 6.90. The van der Waals surface area contributed by atoms with Crippen LogP contribution in [0.3, 0.4) is 0 Å². The molecule has 2 aromatic rings. The molecule has 0 aromatic heterocycles. The largest absolute Gasteiger partial charge is 0.494 e. The topological polar surface area (TPSA) is 84.9 Å². The first kappa shape index (κ1) is 21.6. The van der Waals surface area contributed by atoms with Crippen molar-refractivity contribution in [3.05, 3.63) is 53.1 Å². The van der Waals surface area contributed by atoms with Gasteiger partial charge in [-0.2, -0.15) is 0 Å². The lowest BCUT2D eigenvalue weighted by atomic mass is 10.1. The van der Waals surface area contributed by atoms with Gasteiger partial charge in [-0.15, -0.1) is 0 Å². The highest BCUT2D eigenvalue weighted by Crippen LogP contribution is 2.31. The number of amides is 2. The summed E-state index contributed by atoms with van der Waals surface area (Å²) in [5.41, 5.74) is 2.02. The average molecular weight is 431 g/mol. The minimum Gasteiger partial charge on any atom is -0.494 e. The van der Waals surface area contributed by atoms with E-state index in [-0.39, 0.29) is 18.9 Å². The molecular formula is C22H23ClN2O5. The monoisotopic (exact) mass is 430 g/mol. The van der Waals surface area contributed by atoms with Crippen LogP contribution in [0.15, 0.2) is 42.5 Å². The number of benzene rings is 2. The molecule has 0 saturated carbocycles. The van der Waals surface area contributed by atoms with Crippen LogP contribution < -0.4 is 15.0 Å². The maximum Gasteiger partial charge on any atom is 0.311 e. The normalized spacial score (nSPS) is 15.8. The molecule has 2 amide bonds. The molecular weight excluding hydrogens is 408 g/mol. The highest BCUT2D eigenvalue weighted by atomic mass is 35.5. The van der Waals surface area contributed by atoms with Crippen LogP contribution in [-0.4, -0.2) is 37.5 Å². The molecule has 1 heterocycles. The molecule has 1 aliphatic rings. The molecule has 1 N–H and O–H groups in total. The number of hydrogen-bond donors (Lipinski definition) is 1. The van der Waals surface area contributed by atoms with E-state index in [1.165, 1.54) is 4.90 Å². The summed E-state index contributed by atoms with van der Waals surface area (Å²) >= 11 is 6.13. The molecule has 2 aromatic carbocycles. The Hall–Kier alpha value is -3.06. The van der Waals surface area contributed by atoms with E-state index in [1.54, 1.807) is 42.5 Å². The van der Waals surface area contributed by atoms with Gasteiger partial charge in [-0.1, -0.05) is 17.7 Å². The van der Waals surface area contributed by atoms with E-state index in [1.807, 2.05) is 13.8 Å². The van der Waals surface area contributed by atoms with Gasteiger partial charge in [0, 0.05) is 29.4 Å². The van der Waals surface area contributed by atoms with E-state index >= 15 is 0 Å². The molecule has 1 aliphatic heterocycles. The van der Waals surface area contributed by atoms with Crippen LogP contribution >= 0.6 is 11.6 Å². The van der Waals surface area contributed by atoms with E-state index in [4.69, 9.17) is 21.1 Å². The number of nitrogens with one attached hydrogen (secondary N) is 1. The zero-order chi connectivity index (χ0) is 21.7. The Morgan fingerprint density at radius 2 is 1.93 bits per heavy atom. The molecule has 158 valence electrons. The Bertz CT molecular complexity index is 945. The van der Waals surface area contributed by atoms with Gasteiger partial charge >= 0.3 is 5.97 Å². The number of carbonyl (C=O) groups is 3. The van der Waals surface area contributed by atoms with E-state index in [0.29, 0.717) is 28.8 Å². The number of ether oxygens (including phenoxy) is 2. The molecule has 0 aliphatic carbocycles. The van der Waals surface area contributed by atoms with Gasteiger partial charge in [-0.05, 0) is 55.8 Å². The number of halogens is 1. The predicted octanol–water partition coefficient (Wildman–Crippen LogP) is 3.58. The van der Waals surface area contributed by atoms with E-state index in [2.05, 4.69) is 5.32 Å². The molecule has 0 radical (unpaired) electrons. The SMILES string of the molecule is CCOc1ccc(NC(=O)COC(=O)[C@H]2CC(=O)N(c3cccc(Cl)c3C)C2)cc1. The van der Waals surface area contributed by atoms with Crippen LogP contribution in [-0.2, 0) is 19.1 Å². The first-order valence-electron chi connectivity index (χ1n) is 9.64. The van der Waals surface area contributed by atoms with Gasteiger partial charge < -0.3 is 19.7 Å². The van der Waals surface area contributed by atoms with Gasteiger partial charge in [0.15, 0.2) is 6.61 Å². The molecule has 1 saturated heterocycles. The van der Waals surface area contributed by atoms with Gasteiger partial charge in [-0.25, -0.2) is 0 Å². The van der Waals surface area contributed by atoms with Crippen molar-refractivity contribution in [2.45, 2.75) is 20.3 Å². The predicted molar refractivity (Wildman–Crippen MR) is 114 cm³/mol. The van der Waals surface area contributed by atoms with Crippen LogP contribution in [0.1, 0.15) is 18.9 Å². The third kappa shape index (κ3) is 5.10. The zero-order valence-electron chi connectivity index (χ0n) is 16.8. The van der Waals surface area contributed by atoms with Gasteiger partial charge in [0.2, 0.25) is 5.91 Å². The second-order valence-corrected chi connectivity index (χ2v) is 7.31. The van der Waals surface area contributed by atoms with Gasteiger partial charge in [0.05, 0.1) is 12.5 Å². The highest BCUT2D eigenvalue weighted by molar-refractivity contribution is 6.31. The number of anilines is 2. The first-order chi connectivity index (χ1) is 14.4. The van der Waals surface area contributed by atoms with Gasteiger partial charge in [-0.3, -0.25) is 14.4 Å². The second kappa shape index (κ2) is 9.63. The Balaban J connectivity index is 1.52. The van der Waals surface area contributed by atoms with E-state index < -0.39 is 24.4 Å². The third-order valence-corrected chi connectivity index (χ3v) is 5.19. The van der Waals surface area contributed by atoms with Crippen LogP contribution in [0, 0.1) is 12.8 Å². The Morgan fingerprint density at radius 1 is 1.20 bits per heavy atom. The molecule has 0 spiro atoms. The number of hydrogen-bond acceptors (Lipinski definition) is 5. The fourth-order valence-corrected chi connectivity index (χ4v) is 3.41. The lowest BCUT2D eigenvalue weighted by molar-refractivity contribution is -0.151. The fourth-order valence-electron chi connectivity index (χ4n) is 3.24. The van der Waals surface area contributed by atoms with Crippen molar-refractivity contribution in [1.29, 1.82) is 0 Å². The highest BCUT2D eigenvalue weighted by Gasteiger charge is 2.37. The molecule has 0 unspecified atom stereocenters. The summed E-state index contributed by atoms with van der Waals surface area (Å²) < 4.78 is 10.5. The number of esters is 1. The standard InChI is InChI=1S/C22H23ClN2O5/c1-3-29-17-9-7-16(8-10-17)24-20(26)13-30-22(28)15-11-21(27)25(12-15)19-6-4-5-18(23)14(19)2/h4-10,15H,3,11-13H2,1-2H3,(H,24,26)/t15-/m0/s1. The molecule has 8 heteroatoms. The molecule has 1 fully saturated rings. The number of carbonyl (C=O) groups excluding carboxylic acids is 3. The van der Waals surface area contributed by atoms with Crippen LogP contribution in [0.5, 0.6) is 5.75 Å². The summed E-state index contributed by atoms with van der Waals surface area (Å²) in [6, 6.07) is 12.2. The summed E-state index contributed by atoms with van der Waals surface area (Å²) in [7, 11) is 0. The van der Waals surface area contributed by atoms with Crippen LogP contribution in [0.4, 0.5) is 11.4 Å². The average Bonchev–Trinajstić information content (AvgIpc) is 3.11. The fraction of sp³-hybridized carbons (Fsp3) is 0.318. The summed E-state index contributed by atoms with van der Waals surface area (Å²) in [5, 5.41) is 3.20. The Labute approximate surface area is 179 Å². The molecule has 30 heavy (non-hydrogen) atoms. The third-order valence-electron chi connectivity index (χ3n) is 4.78. The van der Waals surface area contributed by atoms with Crippen LogP contribution in [0.2, 0.25) is 5.02 Å². The molecule has 3 rings (SSSR count). The number of nitrogens with zero attached hydrogens (tertiary/aromatic N) is 1. The van der Waals surface area contributed by atoms with Crippen LogP contribution in [0.25, 0.3) is 0 Å². The summed E-state index contributed by atoms with van der Waals surface area (Å²) in [6.07, 6.45) is 0.0330. The van der Waals surface area contributed by atoms with Crippen molar-refractivity contribution in [1.82, 2.24) is 0 Å². The summed E-state index contributed by atoms with van der Waals surface area (Å²) in [4.78, 5) is 38.4. The summed E-state index contributed by atoms with van der Waals surface area (Å²) in [6.45, 7) is 4.03. The maximum absolute atomic E-state index is 12.4. The van der Waals surface area contributed by atoms with Crippen molar-refractivity contribution in [2.75, 3.05) is 30.0 Å². The quantitative estimate of drug-likeness (QED) is 0.678. The first-order valence-corrected chi connectivity index (χ1v) is 10.0. The van der Waals surface area contributed by atoms with Crippen molar-refractivity contribution >= 4 is 40.8 Å². The smallest absolute Gasteiger partial charge is 0.311 e. The number of rotatable bonds is 7. The van der Waals surface area contributed by atoms with Crippen molar-refractivity contribution in [2.24, 2.45) is 5.92 Å². The van der Waals surface area contributed by atoms with E-state index in [9.17, 15) is 14.4 Å². The van der Waals surface area contributed by atoms with Gasteiger partial charge in [0.25, 0.3) is 5.91 Å². The van der Waals surface area contributed by atoms with Crippen molar-refractivity contribution in [3.8, 4) is 5.75 Å². The zero-order valence-corrected chi connectivity index (χ0v) is 17.6. The minimum absolute atomic E-state index is 0.0330. The Morgan fingerprint density at radius 3 is 2.63 bits per heavy atom. The Kier molecular flexibility index (Phi) is 6.95. The lowest BCUT2D eigenvalue weighted by Gasteiger charge is -2.19. The molecule has 7 nitrogen and oxygen atoms in total. The van der Waals surface area contributed by atoms with Crippen molar-refractivity contribution in [3.63, 3.8) is 0 Å². The van der Waals surface area contributed by atoms with E-state index in [0.717, 1.165) is 5.56 Å². The lowest BCUT2D eigenvalue weighted by Crippen LogP contribution is -2.28.